The highest BCUT2D eigenvalue weighted by Gasteiger charge is 2.30. The van der Waals surface area contributed by atoms with Gasteiger partial charge in [0.2, 0.25) is 5.91 Å². The Morgan fingerprint density at radius 3 is 2.64 bits per heavy atom. The Hall–Kier alpha value is -1.58. The second-order valence-electron chi connectivity index (χ2n) is 6.93. The SMILES string of the molecule is Cc1cccc(N2CCC(C(=O)N3CCCC(C)C3)CC2)n1. The van der Waals surface area contributed by atoms with E-state index in [0.717, 1.165) is 50.5 Å². The lowest BCUT2D eigenvalue weighted by Crippen LogP contribution is -2.46. The van der Waals surface area contributed by atoms with E-state index in [1.807, 2.05) is 13.0 Å². The molecule has 1 atom stereocenters. The number of hydrogen-bond donors (Lipinski definition) is 0. The maximum Gasteiger partial charge on any atom is 0.225 e. The van der Waals surface area contributed by atoms with Crippen molar-refractivity contribution in [2.75, 3.05) is 31.1 Å². The fourth-order valence-electron chi connectivity index (χ4n) is 3.71. The number of nitrogens with zero attached hydrogens (tertiary/aromatic N) is 3. The molecule has 2 aliphatic heterocycles. The fraction of sp³-hybridized carbons (Fsp3) is 0.667. The Kier molecular flexibility index (Phi) is 4.65. The first-order valence-corrected chi connectivity index (χ1v) is 8.61. The van der Waals surface area contributed by atoms with Gasteiger partial charge in [-0.3, -0.25) is 4.79 Å². The van der Waals surface area contributed by atoms with Crippen molar-refractivity contribution < 1.29 is 4.79 Å². The zero-order valence-electron chi connectivity index (χ0n) is 13.8. The maximum atomic E-state index is 12.7. The summed E-state index contributed by atoms with van der Waals surface area (Å²) in [6.45, 7) is 8.08. The number of aryl methyl sites for hydroxylation is 1. The third kappa shape index (κ3) is 3.42. The average Bonchev–Trinajstić information content (AvgIpc) is 2.54. The molecule has 4 nitrogen and oxygen atoms in total. The van der Waals surface area contributed by atoms with Crippen LogP contribution in [0.5, 0.6) is 0 Å². The highest BCUT2D eigenvalue weighted by molar-refractivity contribution is 5.79. The molecule has 1 aromatic heterocycles. The third-order valence-corrected chi connectivity index (χ3v) is 5.01. The quantitative estimate of drug-likeness (QED) is 0.843. The molecule has 22 heavy (non-hydrogen) atoms. The molecule has 4 heteroatoms. The Balaban J connectivity index is 1.56. The molecule has 0 saturated carbocycles. The molecule has 0 bridgehead atoms. The van der Waals surface area contributed by atoms with Crippen LogP contribution in [0, 0.1) is 18.8 Å². The first-order chi connectivity index (χ1) is 10.6. The minimum absolute atomic E-state index is 0.214. The number of pyridine rings is 1. The topological polar surface area (TPSA) is 36.4 Å². The van der Waals surface area contributed by atoms with Gasteiger partial charge in [0.15, 0.2) is 0 Å². The number of carbonyl (C=O) groups is 1. The van der Waals surface area contributed by atoms with E-state index in [4.69, 9.17) is 0 Å². The van der Waals surface area contributed by atoms with Gasteiger partial charge in [-0.2, -0.15) is 0 Å². The second kappa shape index (κ2) is 6.67. The van der Waals surface area contributed by atoms with E-state index in [1.54, 1.807) is 0 Å². The van der Waals surface area contributed by atoms with Crippen LogP contribution in [-0.2, 0) is 4.79 Å². The van der Waals surface area contributed by atoms with E-state index < -0.39 is 0 Å². The van der Waals surface area contributed by atoms with Gasteiger partial charge >= 0.3 is 0 Å². The number of aromatic nitrogens is 1. The standard InChI is InChI=1S/C18H27N3O/c1-14-5-4-10-21(13-14)18(22)16-8-11-20(12-9-16)17-7-3-6-15(2)19-17/h3,6-7,14,16H,4-5,8-13H2,1-2H3. The summed E-state index contributed by atoms with van der Waals surface area (Å²) in [5.41, 5.74) is 1.05. The summed E-state index contributed by atoms with van der Waals surface area (Å²) in [6, 6.07) is 6.16. The van der Waals surface area contributed by atoms with Crippen LogP contribution in [0.4, 0.5) is 5.82 Å². The van der Waals surface area contributed by atoms with Crippen molar-refractivity contribution in [1.29, 1.82) is 0 Å². The monoisotopic (exact) mass is 301 g/mol. The van der Waals surface area contributed by atoms with E-state index in [2.05, 4.69) is 33.8 Å². The Morgan fingerprint density at radius 2 is 1.95 bits per heavy atom. The predicted molar refractivity (Wildman–Crippen MR) is 88.9 cm³/mol. The van der Waals surface area contributed by atoms with E-state index in [9.17, 15) is 4.79 Å². The number of carbonyl (C=O) groups excluding carboxylic acids is 1. The van der Waals surface area contributed by atoms with Gasteiger partial charge < -0.3 is 9.80 Å². The normalized spacial score (nSPS) is 23.6. The van der Waals surface area contributed by atoms with E-state index in [1.165, 1.54) is 12.8 Å². The molecule has 2 fully saturated rings. The largest absolute Gasteiger partial charge is 0.357 e. The minimum atomic E-state index is 0.214. The third-order valence-electron chi connectivity index (χ3n) is 5.01. The molecule has 2 aliphatic rings. The summed E-state index contributed by atoms with van der Waals surface area (Å²) in [4.78, 5) is 21.7. The summed E-state index contributed by atoms with van der Waals surface area (Å²) in [5, 5.41) is 0. The zero-order chi connectivity index (χ0) is 15.5. The smallest absolute Gasteiger partial charge is 0.225 e. The van der Waals surface area contributed by atoms with E-state index >= 15 is 0 Å². The van der Waals surface area contributed by atoms with Gasteiger partial charge in [0.25, 0.3) is 0 Å². The lowest BCUT2D eigenvalue weighted by molar-refractivity contribution is -0.137. The van der Waals surface area contributed by atoms with Crippen LogP contribution in [0.25, 0.3) is 0 Å². The zero-order valence-corrected chi connectivity index (χ0v) is 13.8. The van der Waals surface area contributed by atoms with E-state index in [-0.39, 0.29) is 5.92 Å². The summed E-state index contributed by atoms with van der Waals surface area (Å²) in [6.07, 6.45) is 4.35. The molecule has 0 spiro atoms. The molecule has 3 heterocycles. The van der Waals surface area contributed by atoms with Crippen LogP contribution in [0.15, 0.2) is 18.2 Å². The van der Waals surface area contributed by atoms with Gasteiger partial charge in [-0.1, -0.05) is 13.0 Å². The minimum Gasteiger partial charge on any atom is -0.357 e. The van der Waals surface area contributed by atoms with Gasteiger partial charge in [-0.05, 0) is 50.7 Å². The summed E-state index contributed by atoms with van der Waals surface area (Å²) < 4.78 is 0. The van der Waals surface area contributed by atoms with Crippen LogP contribution in [0.2, 0.25) is 0 Å². The molecular weight excluding hydrogens is 274 g/mol. The first-order valence-electron chi connectivity index (χ1n) is 8.61. The maximum absolute atomic E-state index is 12.7. The lowest BCUT2D eigenvalue weighted by Gasteiger charge is -2.37. The fourth-order valence-corrected chi connectivity index (χ4v) is 3.71. The van der Waals surface area contributed by atoms with Gasteiger partial charge in [0.1, 0.15) is 5.82 Å². The second-order valence-corrected chi connectivity index (χ2v) is 6.93. The lowest BCUT2D eigenvalue weighted by atomic mass is 9.93. The molecule has 1 amide bonds. The van der Waals surface area contributed by atoms with Gasteiger partial charge in [0.05, 0.1) is 0 Å². The predicted octanol–water partition coefficient (Wildman–Crippen LogP) is 2.86. The van der Waals surface area contributed by atoms with Gasteiger partial charge in [-0.25, -0.2) is 4.98 Å². The van der Waals surface area contributed by atoms with Crippen molar-refractivity contribution in [3.63, 3.8) is 0 Å². The summed E-state index contributed by atoms with van der Waals surface area (Å²) in [7, 11) is 0. The highest BCUT2D eigenvalue weighted by Crippen LogP contribution is 2.25. The highest BCUT2D eigenvalue weighted by atomic mass is 16.2. The molecule has 0 N–H and O–H groups in total. The molecule has 2 saturated heterocycles. The van der Waals surface area contributed by atoms with Crippen LogP contribution in [0.3, 0.4) is 0 Å². The van der Waals surface area contributed by atoms with Crippen LogP contribution < -0.4 is 4.90 Å². The molecule has 1 unspecified atom stereocenters. The molecule has 120 valence electrons. The number of hydrogen-bond acceptors (Lipinski definition) is 3. The van der Waals surface area contributed by atoms with Crippen molar-refractivity contribution in [2.24, 2.45) is 11.8 Å². The number of likely N-dealkylation sites (tertiary alicyclic amines) is 1. The van der Waals surface area contributed by atoms with Gasteiger partial charge in [0, 0.05) is 37.8 Å². The van der Waals surface area contributed by atoms with Crippen molar-refractivity contribution in [2.45, 2.75) is 39.5 Å². The number of rotatable bonds is 2. The molecular formula is C18H27N3O. The Bertz CT molecular complexity index is 523. The summed E-state index contributed by atoms with van der Waals surface area (Å²) >= 11 is 0. The molecule has 0 aliphatic carbocycles. The Labute approximate surface area is 133 Å². The molecule has 3 rings (SSSR count). The van der Waals surface area contributed by atoms with Crippen LogP contribution in [0.1, 0.15) is 38.3 Å². The van der Waals surface area contributed by atoms with Crippen molar-refractivity contribution >= 4 is 11.7 Å². The van der Waals surface area contributed by atoms with Crippen molar-refractivity contribution in [1.82, 2.24) is 9.88 Å². The molecule has 1 aromatic rings. The van der Waals surface area contributed by atoms with Crippen molar-refractivity contribution in [3.8, 4) is 0 Å². The van der Waals surface area contributed by atoms with E-state index in [0.29, 0.717) is 11.8 Å². The van der Waals surface area contributed by atoms with Crippen LogP contribution >= 0.6 is 0 Å². The van der Waals surface area contributed by atoms with Gasteiger partial charge in [-0.15, -0.1) is 0 Å². The number of amides is 1. The Morgan fingerprint density at radius 1 is 1.18 bits per heavy atom. The number of piperidine rings is 2. The molecule has 0 aromatic carbocycles. The summed E-state index contributed by atoms with van der Waals surface area (Å²) in [5.74, 6) is 2.32. The average molecular weight is 301 g/mol. The first kappa shape index (κ1) is 15.3. The van der Waals surface area contributed by atoms with Crippen LogP contribution in [-0.4, -0.2) is 42.0 Å². The number of anilines is 1. The molecule has 0 radical (unpaired) electrons. The van der Waals surface area contributed by atoms with Crippen molar-refractivity contribution in [3.05, 3.63) is 23.9 Å².